The van der Waals surface area contributed by atoms with Gasteiger partial charge in [0.2, 0.25) is 0 Å². The second-order valence-electron chi connectivity index (χ2n) is 6.06. The van der Waals surface area contributed by atoms with Crippen LogP contribution < -0.4 is 14.8 Å². The number of phenolic OH excluding ortho intramolecular Hbond substituents is 1. The van der Waals surface area contributed by atoms with Gasteiger partial charge in [0.1, 0.15) is 23.0 Å². The summed E-state index contributed by atoms with van der Waals surface area (Å²) in [6, 6.07) is 15.2. The maximum Gasteiger partial charge on any atom is 0.322 e. The number of benzene rings is 2. The van der Waals surface area contributed by atoms with Gasteiger partial charge in [0.15, 0.2) is 0 Å². The van der Waals surface area contributed by atoms with Crippen molar-refractivity contribution >= 4 is 11.7 Å². The van der Waals surface area contributed by atoms with Crippen LogP contribution >= 0.6 is 0 Å². The maximum absolute atomic E-state index is 13.0. The van der Waals surface area contributed by atoms with Crippen LogP contribution in [0.4, 0.5) is 10.5 Å². The normalized spacial score (nSPS) is 10.4. The minimum absolute atomic E-state index is 0.124. The smallest absolute Gasteiger partial charge is 0.322 e. The number of aromatic hydroxyl groups is 1. The SMILES string of the molecule is COc1ccc(OC)c(NC(=O)N(Cc2ccco2)Cc2ccccc2O)c1. The molecule has 3 rings (SSSR count). The average Bonchev–Trinajstić information content (AvgIpc) is 3.22. The van der Waals surface area contributed by atoms with Crippen LogP contribution in [0.1, 0.15) is 11.3 Å². The van der Waals surface area contributed by atoms with Crippen LogP contribution in [0.5, 0.6) is 17.2 Å². The molecule has 0 radical (unpaired) electrons. The van der Waals surface area contributed by atoms with Crippen molar-refractivity contribution in [2.45, 2.75) is 13.1 Å². The molecule has 3 aromatic rings. The first-order valence-electron chi connectivity index (χ1n) is 8.68. The molecule has 0 aliphatic rings. The summed E-state index contributed by atoms with van der Waals surface area (Å²) < 4.78 is 15.9. The van der Waals surface area contributed by atoms with Gasteiger partial charge in [-0.2, -0.15) is 0 Å². The Morgan fingerprint density at radius 3 is 2.57 bits per heavy atom. The lowest BCUT2D eigenvalue weighted by molar-refractivity contribution is 0.200. The first kappa shape index (κ1) is 19.2. The van der Waals surface area contributed by atoms with Gasteiger partial charge in [-0.25, -0.2) is 4.79 Å². The summed E-state index contributed by atoms with van der Waals surface area (Å²) in [5.41, 5.74) is 1.11. The zero-order valence-corrected chi connectivity index (χ0v) is 15.7. The molecular weight excluding hydrogens is 360 g/mol. The Morgan fingerprint density at radius 1 is 1.07 bits per heavy atom. The van der Waals surface area contributed by atoms with Gasteiger partial charge in [0.05, 0.1) is 39.3 Å². The summed E-state index contributed by atoms with van der Waals surface area (Å²) in [5.74, 6) is 1.85. The first-order chi connectivity index (χ1) is 13.6. The Morgan fingerprint density at radius 2 is 1.89 bits per heavy atom. The molecule has 28 heavy (non-hydrogen) atoms. The van der Waals surface area contributed by atoms with E-state index in [2.05, 4.69) is 5.32 Å². The van der Waals surface area contributed by atoms with Crippen LogP contribution in [0.2, 0.25) is 0 Å². The molecule has 1 aromatic heterocycles. The van der Waals surface area contributed by atoms with Gasteiger partial charge in [0.25, 0.3) is 0 Å². The molecule has 7 nitrogen and oxygen atoms in total. The fourth-order valence-electron chi connectivity index (χ4n) is 2.75. The molecular formula is C21H22N2O5. The van der Waals surface area contributed by atoms with Crippen LogP contribution in [0.3, 0.4) is 0 Å². The van der Waals surface area contributed by atoms with E-state index in [0.717, 1.165) is 0 Å². The highest BCUT2D eigenvalue weighted by molar-refractivity contribution is 5.91. The number of furan rings is 1. The predicted molar refractivity (Wildman–Crippen MR) is 105 cm³/mol. The van der Waals surface area contributed by atoms with Crippen LogP contribution in [0.25, 0.3) is 0 Å². The molecule has 0 aliphatic carbocycles. The van der Waals surface area contributed by atoms with Crippen LogP contribution in [0.15, 0.2) is 65.3 Å². The number of hydrogen-bond acceptors (Lipinski definition) is 5. The number of carbonyl (C=O) groups is 1. The van der Waals surface area contributed by atoms with E-state index in [1.807, 2.05) is 6.07 Å². The number of para-hydroxylation sites is 1. The summed E-state index contributed by atoms with van der Waals surface area (Å²) in [7, 11) is 3.08. The van der Waals surface area contributed by atoms with E-state index in [1.165, 1.54) is 12.0 Å². The van der Waals surface area contributed by atoms with Crippen molar-refractivity contribution in [3.05, 3.63) is 72.2 Å². The molecule has 146 valence electrons. The zero-order chi connectivity index (χ0) is 19.9. The van der Waals surface area contributed by atoms with Gasteiger partial charge < -0.3 is 29.2 Å². The van der Waals surface area contributed by atoms with E-state index in [4.69, 9.17) is 13.9 Å². The first-order valence-corrected chi connectivity index (χ1v) is 8.68. The van der Waals surface area contributed by atoms with Crippen LogP contribution in [0, 0.1) is 0 Å². The second kappa shape index (κ2) is 8.85. The van der Waals surface area contributed by atoms with Gasteiger partial charge in [-0.1, -0.05) is 18.2 Å². The maximum atomic E-state index is 13.0. The number of amides is 2. The lowest BCUT2D eigenvalue weighted by Crippen LogP contribution is -2.34. The van der Waals surface area contributed by atoms with Gasteiger partial charge in [-0.3, -0.25) is 0 Å². The van der Waals surface area contributed by atoms with E-state index >= 15 is 0 Å². The quantitative estimate of drug-likeness (QED) is 0.639. The van der Waals surface area contributed by atoms with E-state index < -0.39 is 0 Å². The highest BCUT2D eigenvalue weighted by atomic mass is 16.5. The summed E-state index contributed by atoms with van der Waals surface area (Å²) in [6.07, 6.45) is 1.55. The number of hydrogen-bond donors (Lipinski definition) is 2. The number of rotatable bonds is 7. The van der Waals surface area contributed by atoms with Crippen molar-refractivity contribution < 1.29 is 23.8 Å². The molecule has 0 aliphatic heterocycles. The lowest BCUT2D eigenvalue weighted by Gasteiger charge is -2.23. The Balaban J connectivity index is 1.85. The van der Waals surface area contributed by atoms with Crippen molar-refractivity contribution in [2.75, 3.05) is 19.5 Å². The minimum atomic E-state index is -0.369. The Bertz CT molecular complexity index is 924. The number of carbonyl (C=O) groups excluding carboxylic acids is 1. The number of ether oxygens (including phenoxy) is 2. The number of urea groups is 1. The molecule has 0 unspecified atom stereocenters. The molecule has 2 aromatic carbocycles. The van der Waals surface area contributed by atoms with Crippen LogP contribution in [-0.4, -0.2) is 30.3 Å². The molecule has 0 saturated carbocycles. The fourth-order valence-corrected chi connectivity index (χ4v) is 2.75. The third-order valence-electron chi connectivity index (χ3n) is 4.22. The third-order valence-corrected chi connectivity index (χ3v) is 4.22. The average molecular weight is 382 g/mol. The lowest BCUT2D eigenvalue weighted by atomic mass is 10.2. The Labute approximate surface area is 163 Å². The molecule has 2 amide bonds. The van der Waals surface area contributed by atoms with Gasteiger partial charge in [-0.05, 0) is 30.3 Å². The fraction of sp³-hybridized carbons (Fsp3) is 0.190. The highest BCUT2D eigenvalue weighted by Gasteiger charge is 2.19. The van der Waals surface area contributed by atoms with Crippen molar-refractivity contribution in [3.63, 3.8) is 0 Å². The molecule has 0 saturated heterocycles. The van der Waals surface area contributed by atoms with Crippen molar-refractivity contribution in [1.82, 2.24) is 4.90 Å². The molecule has 0 atom stereocenters. The standard InChI is InChI=1S/C21H22N2O5/c1-26-16-9-10-20(27-2)18(12-16)22-21(25)23(14-17-7-5-11-28-17)13-15-6-3-4-8-19(15)24/h3-12,24H,13-14H2,1-2H3,(H,22,25). The molecule has 0 spiro atoms. The van der Waals surface area contributed by atoms with E-state index in [0.29, 0.717) is 28.5 Å². The summed E-state index contributed by atoms with van der Waals surface area (Å²) in [6.45, 7) is 0.435. The van der Waals surface area contributed by atoms with Crippen molar-refractivity contribution in [3.8, 4) is 17.2 Å². The van der Waals surface area contributed by atoms with Crippen molar-refractivity contribution in [2.24, 2.45) is 0 Å². The third kappa shape index (κ3) is 4.56. The van der Waals surface area contributed by atoms with Crippen LogP contribution in [-0.2, 0) is 13.1 Å². The second-order valence-corrected chi connectivity index (χ2v) is 6.06. The number of anilines is 1. The highest BCUT2D eigenvalue weighted by Crippen LogP contribution is 2.29. The summed E-state index contributed by atoms with van der Waals surface area (Å²) in [5, 5.41) is 12.9. The number of methoxy groups -OCH3 is 2. The molecule has 0 fully saturated rings. The topological polar surface area (TPSA) is 84.2 Å². The number of phenols is 1. The predicted octanol–water partition coefficient (Wildman–Crippen LogP) is 4.24. The van der Waals surface area contributed by atoms with Gasteiger partial charge in [-0.15, -0.1) is 0 Å². The van der Waals surface area contributed by atoms with Gasteiger partial charge >= 0.3 is 6.03 Å². The Hall–Kier alpha value is -3.61. The van der Waals surface area contributed by atoms with E-state index in [-0.39, 0.29) is 24.9 Å². The number of nitrogens with zero attached hydrogens (tertiary/aromatic N) is 1. The molecule has 7 heteroatoms. The molecule has 0 bridgehead atoms. The van der Waals surface area contributed by atoms with E-state index in [1.54, 1.807) is 61.9 Å². The summed E-state index contributed by atoms with van der Waals surface area (Å²) in [4.78, 5) is 14.6. The Kier molecular flexibility index (Phi) is 6.06. The minimum Gasteiger partial charge on any atom is -0.508 e. The van der Waals surface area contributed by atoms with Crippen molar-refractivity contribution in [1.29, 1.82) is 0 Å². The molecule has 2 N–H and O–H groups in total. The summed E-state index contributed by atoms with van der Waals surface area (Å²) >= 11 is 0. The molecule has 1 heterocycles. The van der Waals surface area contributed by atoms with E-state index in [9.17, 15) is 9.90 Å². The largest absolute Gasteiger partial charge is 0.508 e. The monoisotopic (exact) mass is 382 g/mol. The van der Waals surface area contributed by atoms with Gasteiger partial charge in [0, 0.05) is 11.6 Å². The zero-order valence-electron chi connectivity index (χ0n) is 15.7. The number of nitrogens with one attached hydrogen (secondary N) is 1.